The van der Waals surface area contributed by atoms with Gasteiger partial charge in [-0.25, -0.2) is 4.98 Å². The Morgan fingerprint density at radius 1 is 1.35 bits per heavy atom. The number of hydrogen-bond donors (Lipinski definition) is 2. The van der Waals surface area contributed by atoms with E-state index in [1.54, 1.807) is 48.8 Å². The second-order valence-corrected chi connectivity index (χ2v) is 7.94. The molecule has 3 aromatic rings. The minimum absolute atomic E-state index is 0.223. The van der Waals surface area contributed by atoms with Gasteiger partial charge in [0.05, 0.1) is 32.3 Å². The number of carbonyl (C=O) groups excluding carboxylic acids is 1. The molecule has 2 aromatic heterocycles. The summed E-state index contributed by atoms with van der Waals surface area (Å²) in [5, 5.41) is 15.8. The normalized spacial score (nSPS) is 15.0. The summed E-state index contributed by atoms with van der Waals surface area (Å²) in [5.74, 6) is 0.920. The number of aromatic nitrogens is 1. The lowest BCUT2D eigenvalue weighted by molar-refractivity contribution is 0.0936. The predicted molar refractivity (Wildman–Crippen MR) is 118 cm³/mol. The van der Waals surface area contributed by atoms with Gasteiger partial charge in [-0.05, 0) is 36.8 Å². The van der Waals surface area contributed by atoms with E-state index in [9.17, 15) is 9.90 Å². The fourth-order valence-electron chi connectivity index (χ4n) is 3.38. The number of amides is 1. The fraction of sp³-hybridized carbons (Fsp3) is 0.364. The Morgan fingerprint density at radius 2 is 2.19 bits per heavy atom. The van der Waals surface area contributed by atoms with E-state index in [1.807, 2.05) is 5.38 Å². The molecular formula is C22H25N3O5S. The molecule has 0 bridgehead atoms. The maximum Gasteiger partial charge on any atom is 0.251 e. The van der Waals surface area contributed by atoms with Crippen LogP contribution in [0.15, 0.2) is 46.4 Å². The second kappa shape index (κ2) is 9.95. The molecule has 1 atom stereocenters. The van der Waals surface area contributed by atoms with Crippen molar-refractivity contribution < 1.29 is 23.8 Å². The molecule has 164 valence electrons. The zero-order chi connectivity index (χ0) is 21.6. The van der Waals surface area contributed by atoms with E-state index in [4.69, 9.17) is 18.9 Å². The molecule has 9 heteroatoms. The highest BCUT2D eigenvalue weighted by atomic mass is 32.1. The van der Waals surface area contributed by atoms with Gasteiger partial charge in [-0.2, -0.15) is 0 Å². The molecular weight excluding hydrogens is 418 g/mol. The summed E-state index contributed by atoms with van der Waals surface area (Å²) in [5.41, 5.74) is 2.04. The Morgan fingerprint density at radius 3 is 2.94 bits per heavy atom. The van der Waals surface area contributed by atoms with Crippen LogP contribution in [0.5, 0.6) is 5.75 Å². The maximum absolute atomic E-state index is 12.7. The van der Waals surface area contributed by atoms with Crippen molar-refractivity contribution in [1.82, 2.24) is 10.3 Å². The zero-order valence-corrected chi connectivity index (χ0v) is 18.1. The number of nitrogens with one attached hydrogen (secondary N) is 1. The number of rotatable bonds is 8. The van der Waals surface area contributed by atoms with E-state index in [1.165, 1.54) is 6.26 Å². The number of morpholine rings is 1. The van der Waals surface area contributed by atoms with Gasteiger partial charge in [0.2, 0.25) is 0 Å². The highest BCUT2D eigenvalue weighted by molar-refractivity contribution is 7.14. The number of hydrogen-bond acceptors (Lipinski definition) is 8. The van der Waals surface area contributed by atoms with E-state index >= 15 is 0 Å². The van der Waals surface area contributed by atoms with E-state index in [0.29, 0.717) is 43.3 Å². The number of ether oxygens (including phenoxy) is 2. The van der Waals surface area contributed by atoms with Crippen LogP contribution in [0.25, 0.3) is 11.3 Å². The number of nitrogens with zero attached hydrogens (tertiary/aromatic N) is 2. The third-order valence-electron chi connectivity index (χ3n) is 5.09. The molecule has 4 rings (SSSR count). The molecule has 0 aliphatic carbocycles. The average molecular weight is 444 g/mol. The van der Waals surface area contributed by atoms with Crippen LogP contribution in [-0.2, 0) is 4.74 Å². The van der Waals surface area contributed by atoms with Crippen molar-refractivity contribution >= 4 is 22.4 Å². The van der Waals surface area contributed by atoms with E-state index in [0.717, 1.165) is 29.5 Å². The highest BCUT2D eigenvalue weighted by Crippen LogP contribution is 2.34. The Kier molecular flexibility index (Phi) is 6.86. The molecule has 1 saturated heterocycles. The summed E-state index contributed by atoms with van der Waals surface area (Å²) in [6.45, 7) is 3.34. The quantitative estimate of drug-likeness (QED) is 0.552. The summed E-state index contributed by atoms with van der Waals surface area (Å²) in [6.07, 6.45) is 1.12. The molecule has 1 aromatic carbocycles. The predicted octanol–water partition coefficient (Wildman–Crippen LogP) is 3.10. The largest absolute Gasteiger partial charge is 0.496 e. The molecule has 31 heavy (non-hydrogen) atoms. The van der Waals surface area contributed by atoms with Crippen molar-refractivity contribution in [2.24, 2.45) is 0 Å². The van der Waals surface area contributed by atoms with Crippen LogP contribution >= 0.6 is 11.3 Å². The number of methoxy groups -OCH3 is 1. The molecule has 8 nitrogen and oxygen atoms in total. The lowest BCUT2D eigenvalue weighted by Crippen LogP contribution is -2.36. The number of benzene rings is 1. The minimum atomic E-state index is -0.754. The van der Waals surface area contributed by atoms with Gasteiger partial charge in [-0.1, -0.05) is 0 Å². The number of thiazole rings is 1. The third kappa shape index (κ3) is 5.07. The molecule has 0 radical (unpaired) electrons. The number of anilines is 1. The van der Waals surface area contributed by atoms with E-state index in [-0.39, 0.29) is 5.91 Å². The summed E-state index contributed by atoms with van der Waals surface area (Å²) in [4.78, 5) is 19.6. The molecule has 0 saturated carbocycles. The first-order valence-corrected chi connectivity index (χ1v) is 11.0. The van der Waals surface area contributed by atoms with Gasteiger partial charge < -0.3 is 29.2 Å². The Bertz CT molecular complexity index is 999. The molecule has 3 heterocycles. The Balaban J connectivity index is 1.44. The van der Waals surface area contributed by atoms with E-state index < -0.39 is 6.10 Å². The third-order valence-corrected chi connectivity index (χ3v) is 5.99. The molecule has 0 spiro atoms. The smallest absolute Gasteiger partial charge is 0.251 e. The second-order valence-electron chi connectivity index (χ2n) is 7.11. The Labute approximate surface area is 184 Å². The van der Waals surface area contributed by atoms with Crippen molar-refractivity contribution in [3.63, 3.8) is 0 Å². The van der Waals surface area contributed by atoms with Gasteiger partial charge in [0, 0.05) is 36.1 Å². The van der Waals surface area contributed by atoms with Crippen molar-refractivity contribution in [3.8, 4) is 17.0 Å². The van der Waals surface area contributed by atoms with Gasteiger partial charge in [-0.15, -0.1) is 11.3 Å². The standard InChI is InChI=1S/C22H25N3O5S/c1-28-19-5-4-15(21(27)23-7-6-18(26)20-3-2-10-30-20)13-16(19)17-14-31-22(24-17)25-8-11-29-12-9-25/h2-5,10,13-14,18,26H,6-9,11-12H2,1H3,(H,23,27). The number of aliphatic hydroxyl groups excluding tert-OH is 1. The lowest BCUT2D eigenvalue weighted by atomic mass is 10.1. The summed E-state index contributed by atoms with van der Waals surface area (Å²) >= 11 is 1.57. The van der Waals surface area contributed by atoms with Crippen molar-refractivity contribution in [2.45, 2.75) is 12.5 Å². The lowest BCUT2D eigenvalue weighted by Gasteiger charge is -2.26. The molecule has 1 aliphatic heterocycles. The number of furan rings is 1. The molecule has 1 unspecified atom stereocenters. The first-order valence-electron chi connectivity index (χ1n) is 10.1. The van der Waals surface area contributed by atoms with Gasteiger partial charge in [-0.3, -0.25) is 4.79 Å². The first kappa shape index (κ1) is 21.4. The average Bonchev–Trinajstić information content (AvgIpc) is 3.51. The van der Waals surface area contributed by atoms with Crippen LogP contribution in [0.3, 0.4) is 0 Å². The zero-order valence-electron chi connectivity index (χ0n) is 17.2. The van der Waals surface area contributed by atoms with Crippen LogP contribution in [-0.4, -0.2) is 56.0 Å². The van der Waals surface area contributed by atoms with E-state index in [2.05, 4.69) is 10.2 Å². The molecule has 1 aliphatic rings. The molecule has 2 N–H and O–H groups in total. The van der Waals surface area contributed by atoms with Crippen LogP contribution in [0.1, 0.15) is 28.6 Å². The van der Waals surface area contributed by atoms with Gasteiger partial charge in [0.15, 0.2) is 5.13 Å². The number of carbonyl (C=O) groups is 1. The van der Waals surface area contributed by atoms with Gasteiger partial charge in [0.1, 0.15) is 17.6 Å². The van der Waals surface area contributed by atoms with Crippen LogP contribution in [0.4, 0.5) is 5.13 Å². The topological polar surface area (TPSA) is 97.1 Å². The molecule has 1 amide bonds. The summed E-state index contributed by atoms with van der Waals surface area (Å²) < 4.78 is 16.1. The summed E-state index contributed by atoms with van der Waals surface area (Å²) in [6, 6.07) is 8.71. The van der Waals surface area contributed by atoms with Crippen LogP contribution in [0, 0.1) is 0 Å². The SMILES string of the molecule is COc1ccc(C(=O)NCCC(O)c2ccco2)cc1-c1csc(N2CCOCC2)n1. The van der Waals surface area contributed by atoms with Crippen LogP contribution < -0.4 is 15.0 Å². The molecule has 1 fully saturated rings. The number of aliphatic hydroxyl groups is 1. The highest BCUT2D eigenvalue weighted by Gasteiger charge is 2.18. The van der Waals surface area contributed by atoms with Crippen molar-refractivity contribution in [3.05, 3.63) is 53.3 Å². The summed E-state index contributed by atoms with van der Waals surface area (Å²) in [7, 11) is 1.60. The van der Waals surface area contributed by atoms with Crippen LogP contribution in [0.2, 0.25) is 0 Å². The minimum Gasteiger partial charge on any atom is -0.496 e. The van der Waals surface area contributed by atoms with Gasteiger partial charge in [0.25, 0.3) is 5.91 Å². The Hall–Kier alpha value is -2.88. The van der Waals surface area contributed by atoms with Crippen molar-refractivity contribution in [2.75, 3.05) is 44.9 Å². The van der Waals surface area contributed by atoms with Crippen molar-refractivity contribution in [1.29, 1.82) is 0 Å². The fourth-order valence-corrected chi connectivity index (χ4v) is 4.26. The maximum atomic E-state index is 12.7. The first-order chi connectivity index (χ1) is 15.2. The monoisotopic (exact) mass is 443 g/mol. The van der Waals surface area contributed by atoms with Gasteiger partial charge >= 0.3 is 0 Å².